The van der Waals surface area contributed by atoms with Gasteiger partial charge in [0.25, 0.3) is 0 Å². The zero-order valence-corrected chi connectivity index (χ0v) is 13.0. The standard InChI is InChI=1S/C14H19F2NOS2/c1-10(17-8-11-9-19-6-7-20-11)12-4-2-3-5-13(12)18-14(15)16/h2-5,10-11,14,17H,6-9H2,1H3. The van der Waals surface area contributed by atoms with Crippen LogP contribution < -0.4 is 10.1 Å². The fourth-order valence-electron chi connectivity index (χ4n) is 2.11. The van der Waals surface area contributed by atoms with E-state index in [1.807, 2.05) is 42.6 Å². The number of hydrogen-bond acceptors (Lipinski definition) is 4. The van der Waals surface area contributed by atoms with Gasteiger partial charge in [0.05, 0.1) is 0 Å². The number of rotatable bonds is 6. The first-order chi connectivity index (χ1) is 9.66. The highest BCUT2D eigenvalue weighted by atomic mass is 32.2. The van der Waals surface area contributed by atoms with Crippen molar-refractivity contribution in [2.24, 2.45) is 0 Å². The van der Waals surface area contributed by atoms with Gasteiger partial charge in [-0.1, -0.05) is 18.2 Å². The Labute approximate surface area is 127 Å². The molecule has 0 saturated carbocycles. The van der Waals surface area contributed by atoms with Gasteiger partial charge in [-0.15, -0.1) is 0 Å². The predicted molar refractivity (Wildman–Crippen MR) is 83.1 cm³/mol. The van der Waals surface area contributed by atoms with E-state index in [0.29, 0.717) is 5.25 Å². The molecule has 0 bridgehead atoms. The summed E-state index contributed by atoms with van der Waals surface area (Å²) in [4.78, 5) is 0. The summed E-state index contributed by atoms with van der Waals surface area (Å²) in [7, 11) is 0. The molecule has 0 aromatic heterocycles. The van der Waals surface area contributed by atoms with Gasteiger partial charge in [-0.25, -0.2) is 0 Å². The summed E-state index contributed by atoms with van der Waals surface area (Å²) in [6.45, 7) is 0.0875. The Morgan fingerprint density at radius 3 is 2.85 bits per heavy atom. The van der Waals surface area contributed by atoms with Crippen molar-refractivity contribution < 1.29 is 13.5 Å². The molecule has 0 aliphatic carbocycles. The van der Waals surface area contributed by atoms with E-state index in [1.54, 1.807) is 12.1 Å². The Morgan fingerprint density at radius 1 is 1.35 bits per heavy atom. The van der Waals surface area contributed by atoms with Crippen molar-refractivity contribution in [3.63, 3.8) is 0 Å². The van der Waals surface area contributed by atoms with Crippen molar-refractivity contribution >= 4 is 23.5 Å². The lowest BCUT2D eigenvalue weighted by atomic mass is 10.1. The molecule has 20 heavy (non-hydrogen) atoms. The van der Waals surface area contributed by atoms with Gasteiger partial charge in [-0.3, -0.25) is 0 Å². The molecule has 2 nitrogen and oxygen atoms in total. The van der Waals surface area contributed by atoms with E-state index < -0.39 is 6.61 Å². The lowest BCUT2D eigenvalue weighted by Crippen LogP contribution is -2.31. The minimum Gasteiger partial charge on any atom is -0.434 e. The summed E-state index contributed by atoms with van der Waals surface area (Å²) >= 11 is 3.96. The zero-order valence-electron chi connectivity index (χ0n) is 11.4. The third-order valence-electron chi connectivity index (χ3n) is 3.14. The number of thioether (sulfide) groups is 2. The summed E-state index contributed by atoms with van der Waals surface area (Å²) in [5, 5.41) is 4.02. The second kappa shape index (κ2) is 8.10. The molecule has 0 amide bonds. The summed E-state index contributed by atoms with van der Waals surface area (Å²) in [6.07, 6.45) is 0. The smallest absolute Gasteiger partial charge is 0.387 e. The van der Waals surface area contributed by atoms with Crippen molar-refractivity contribution in [3.8, 4) is 5.75 Å². The lowest BCUT2D eigenvalue weighted by Gasteiger charge is -2.24. The summed E-state index contributed by atoms with van der Waals surface area (Å²) in [6, 6.07) is 6.97. The van der Waals surface area contributed by atoms with Crippen LogP contribution in [-0.2, 0) is 0 Å². The van der Waals surface area contributed by atoms with Gasteiger partial charge in [-0.05, 0) is 13.0 Å². The summed E-state index contributed by atoms with van der Waals surface area (Å²) in [5.41, 5.74) is 0.779. The topological polar surface area (TPSA) is 21.3 Å². The monoisotopic (exact) mass is 319 g/mol. The highest BCUT2D eigenvalue weighted by Gasteiger charge is 2.18. The Morgan fingerprint density at radius 2 is 2.15 bits per heavy atom. The van der Waals surface area contributed by atoms with Gasteiger partial charge >= 0.3 is 6.61 Å². The molecular weight excluding hydrogens is 300 g/mol. The second-order valence-corrected chi connectivity index (χ2v) is 7.17. The Hall–Kier alpha value is -0.460. The van der Waals surface area contributed by atoms with Crippen LogP contribution in [-0.4, -0.2) is 35.7 Å². The van der Waals surface area contributed by atoms with Gasteiger partial charge < -0.3 is 10.1 Å². The predicted octanol–water partition coefficient (Wildman–Crippen LogP) is 3.79. The maximum atomic E-state index is 12.4. The zero-order chi connectivity index (χ0) is 14.4. The van der Waals surface area contributed by atoms with Crippen LogP contribution in [0.25, 0.3) is 0 Å². The molecule has 1 aliphatic rings. The van der Waals surface area contributed by atoms with Crippen molar-refractivity contribution in [2.45, 2.75) is 24.8 Å². The van der Waals surface area contributed by atoms with Crippen molar-refractivity contribution in [2.75, 3.05) is 23.8 Å². The van der Waals surface area contributed by atoms with E-state index in [0.717, 1.165) is 17.9 Å². The molecule has 1 N–H and O–H groups in total. The van der Waals surface area contributed by atoms with Gasteiger partial charge in [0.2, 0.25) is 0 Å². The molecule has 1 aromatic carbocycles. The average molecular weight is 319 g/mol. The van der Waals surface area contributed by atoms with E-state index in [2.05, 4.69) is 10.1 Å². The molecule has 112 valence electrons. The first-order valence-corrected chi connectivity index (χ1v) is 8.83. The van der Waals surface area contributed by atoms with Gasteiger partial charge in [0.15, 0.2) is 0 Å². The SMILES string of the molecule is CC(NCC1CSCCS1)c1ccccc1OC(F)F. The van der Waals surface area contributed by atoms with Crippen molar-refractivity contribution in [1.82, 2.24) is 5.32 Å². The second-order valence-electron chi connectivity index (χ2n) is 4.61. The average Bonchev–Trinajstić information content (AvgIpc) is 2.46. The molecular formula is C14H19F2NOS2. The maximum absolute atomic E-state index is 12.4. The lowest BCUT2D eigenvalue weighted by molar-refractivity contribution is -0.0506. The van der Waals surface area contributed by atoms with Crippen molar-refractivity contribution in [1.29, 1.82) is 0 Å². The van der Waals surface area contributed by atoms with Crippen LogP contribution in [0.2, 0.25) is 0 Å². The van der Waals surface area contributed by atoms with Crippen LogP contribution in [0.1, 0.15) is 18.5 Å². The minimum atomic E-state index is -2.78. The number of para-hydroxylation sites is 1. The molecule has 2 unspecified atom stereocenters. The molecule has 0 radical (unpaired) electrons. The Balaban J connectivity index is 1.92. The molecule has 0 spiro atoms. The highest BCUT2D eigenvalue weighted by molar-refractivity contribution is 8.06. The van der Waals surface area contributed by atoms with Crippen LogP contribution in [0.3, 0.4) is 0 Å². The Bertz CT molecular complexity index is 414. The summed E-state index contributed by atoms with van der Waals surface area (Å²) in [5.74, 6) is 3.82. The third-order valence-corrected chi connectivity index (χ3v) is 5.98. The number of nitrogens with one attached hydrogen (secondary N) is 1. The van der Waals surface area contributed by atoms with E-state index in [4.69, 9.17) is 0 Å². The van der Waals surface area contributed by atoms with Crippen LogP contribution in [0, 0.1) is 0 Å². The third kappa shape index (κ3) is 4.82. The van der Waals surface area contributed by atoms with Gasteiger partial charge in [0.1, 0.15) is 5.75 Å². The number of benzene rings is 1. The number of hydrogen-bond donors (Lipinski definition) is 1. The maximum Gasteiger partial charge on any atom is 0.387 e. The largest absolute Gasteiger partial charge is 0.434 e. The first kappa shape index (κ1) is 15.9. The molecule has 1 aliphatic heterocycles. The van der Waals surface area contributed by atoms with Gasteiger partial charge in [0, 0.05) is 40.7 Å². The number of ether oxygens (including phenoxy) is 1. The molecule has 6 heteroatoms. The van der Waals surface area contributed by atoms with E-state index in [9.17, 15) is 8.78 Å². The molecule has 1 saturated heterocycles. The summed E-state index contributed by atoms with van der Waals surface area (Å²) < 4.78 is 29.4. The van der Waals surface area contributed by atoms with E-state index in [1.165, 1.54) is 11.5 Å². The Kier molecular flexibility index (Phi) is 6.45. The van der Waals surface area contributed by atoms with Crippen LogP contribution in [0.5, 0.6) is 5.75 Å². The van der Waals surface area contributed by atoms with E-state index in [-0.39, 0.29) is 11.8 Å². The fraction of sp³-hybridized carbons (Fsp3) is 0.571. The molecule has 1 heterocycles. The van der Waals surface area contributed by atoms with Crippen LogP contribution in [0.15, 0.2) is 24.3 Å². The van der Waals surface area contributed by atoms with Crippen molar-refractivity contribution in [3.05, 3.63) is 29.8 Å². The molecule has 1 aromatic rings. The fourth-order valence-corrected chi connectivity index (χ4v) is 4.74. The highest BCUT2D eigenvalue weighted by Crippen LogP contribution is 2.28. The van der Waals surface area contributed by atoms with Crippen LogP contribution >= 0.6 is 23.5 Å². The minimum absolute atomic E-state index is 0.00234. The first-order valence-electron chi connectivity index (χ1n) is 6.63. The number of alkyl halides is 2. The molecule has 2 rings (SSSR count). The van der Waals surface area contributed by atoms with Crippen LogP contribution in [0.4, 0.5) is 8.78 Å². The van der Waals surface area contributed by atoms with E-state index >= 15 is 0 Å². The quantitative estimate of drug-likeness (QED) is 0.861. The number of halogens is 2. The normalized spacial score (nSPS) is 20.9. The van der Waals surface area contributed by atoms with Gasteiger partial charge in [-0.2, -0.15) is 32.3 Å². The molecule has 2 atom stereocenters. The molecule has 1 fully saturated rings.